The summed E-state index contributed by atoms with van der Waals surface area (Å²) < 4.78 is 7.05. The average molecular weight is 542 g/mol. The predicted molar refractivity (Wildman–Crippen MR) is 97.2 cm³/mol. The zero-order valence-electron chi connectivity index (χ0n) is 11.5. The van der Waals surface area contributed by atoms with Gasteiger partial charge in [0.2, 0.25) is 0 Å². The monoisotopic (exact) mass is 538 g/mol. The van der Waals surface area contributed by atoms with Crippen LogP contribution >= 0.6 is 104 Å². The Morgan fingerprint density at radius 2 is 0.760 bits per heavy atom. The third-order valence-corrected chi connectivity index (χ3v) is 3.43. The third kappa shape index (κ3) is 11.5. The molecular weight excluding hydrogens is 535 g/mol. The quantitative estimate of drug-likeness (QED) is 0.283. The molecule has 0 aliphatic heterocycles. The van der Waals surface area contributed by atoms with E-state index in [4.69, 9.17) is 104 Å². The highest BCUT2D eigenvalue weighted by Gasteiger charge is 2.37. The highest BCUT2D eigenvalue weighted by molar-refractivity contribution is 6.76. The molecule has 0 spiro atoms. The van der Waals surface area contributed by atoms with Crippen LogP contribution in [-0.4, -0.2) is 49.1 Å². The lowest BCUT2D eigenvalue weighted by molar-refractivity contribution is -0.152. The molecule has 0 atom stereocenters. The molecule has 6 nitrogen and oxygen atoms in total. The summed E-state index contributed by atoms with van der Waals surface area (Å²) >= 11 is 47.9. The molecule has 0 amide bonds. The van der Waals surface area contributed by atoms with Gasteiger partial charge in [-0.2, -0.15) is 0 Å². The summed E-state index contributed by atoms with van der Waals surface area (Å²) in [6.45, 7) is -1.48. The number of hydrogen-bond donors (Lipinski definition) is 0. The van der Waals surface area contributed by atoms with E-state index in [1.54, 1.807) is 0 Å². The normalized spacial score (nSPS) is 12.7. The Morgan fingerprint density at radius 3 is 0.920 bits per heavy atom. The molecule has 0 aromatic heterocycles. The molecule has 0 radical (unpaired) electrons. The van der Waals surface area contributed by atoms with Gasteiger partial charge in [-0.15, -0.1) is 0 Å². The van der Waals surface area contributed by atoms with Crippen molar-refractivity contribution in [1.29, 1.82) is 0 Å². The summed E-state index contributed by atoms with van der Waals surface area (Å²) in [6, 6.07) is 0. The predicted octanol–water partition coefficient (Wildman–Crippen LogP) is 4.34. The minimum Gasteiger partial charge on any atom is -0.462 e. The van der Waals surface area contributed by atoms with Crippen molar-refractivity contribution in [3.8, 4) is 0 Å². The van der Waals surface area contributed by atoms with Gasteiger partial charge in [0.1, 0.15) is 19.8 Å². The first-order valence-corrected chi connectivity index (χ1v) is 9.17. The molecule has 0 N–H and O–H groups in total. The molecule has 0 aliphatic rings. The lowest BCUT2D eigenvalue weighted by Crippen LogP contribution is -2.33. The van der Waals surface area contributed by atoms with Gasteiger partial charge in [0, 0.05) is 0 Å². The van der Waals surface area contributed by atoms with Crippen molar-refractivity contribution in [2.24, 2.45) is 5.92 Å². The standard InChI is InChI=1S/C10H7Cl9O6/c11-8(12,13)5(20)23-1-4(2-24-6(21)9(14,15)16)3-25-7(22)10(17,18)19/h4H,1-3H2. The van der Waals surface area contributed by atoms with Crippen LogP contribution in [0.2, 0.25) is 0 Å². The second kappa shape index (κ2) is 10.5. The molecule has 0 fully saturated rings. The van der Waals surface area contributed by atoms with Crippen molar-refractivity contribution in [3.05, 3.63) is 0 Å². The first kappa shape index (κ1) is 26.0. The van der Waals surface area contributed by atoms with E-state index in [0.29, 0.717) is 0 Å². The number of carbonyl (C=O) groups excluding carboxylic acids is 3. The molecule has 146 valence electrons. The smallest absolute Gasteiger partial charge is 0.358 e. The highest BCUT2D eigenvalue weighted by atomic mass is 35.6. The van der Waals surface area contributed by atoms with Crippen LogP contribution in [0.1, 0.15) is 0 Å². The Hall–Kier alpha value is 1.02. The van der Waals surface area contributed by atoms with Crippen LogP contribution in [0.15, 0.2) is 0 Å². The van der Waals surface area contributed by atoms with Gasteiger partial charge < -0.3 is 14.2 Å². The van der Waals surface area contributed by atoms with E-state index >= 15 is 0 Å². The summed E-state index contributed by atoms with van der Waals surface area (Å²) in [6.07, 6.45) is 0. The van der Waals surface area contributed by atoms with Crippen molar-refractivity contribution in [2.75, 3.05) is 19.8 Å². The van der Waals surface area contributed by atoms with E-state index in [0.717, 1.165) is 0 Å². The van der Waals surface area contributed by atoms with Crippen molar-refractivity contribution >= 4 is 122 Å². The number of hydrogen-bond acceptors (Lipinski definition) is 6. The molecule has 0 saturated carbocycles. The number of alkyl halides is 9. The van der Waals surface area contributed by atoms with Gasteiger partial charge in [-0.3, -0.25) is 0 Å². The van der Waals surface area contributed by atoms with E-state index in [-0.39, 0.29) is 0 Å². The largest absolute Gasteiger partial charge is 0.462 e. The molecular formula is C10H7Cl9O6. The van der Waals surface area contributed by atoms with Crippen molar-refractivity contribution in [2.45, 2.75) is 11.4 Å². The van der Waals surface area contributed by atoms with Gasteiger partial charge in [0.25, 0.3) is 11.4 Å². The summed E-state index contributed by atoms with van der Waals surface area (Å²) in [4.78, 5) is 34.2. The van der Waals surface area contributed by atoms with Gasteiger partial charge in [0.15, 0.2) is 0 Å². The molecule has 15 heteroatoms. The minimum absolute atomic E-state index is 0.493. The lowest BCUT2D eigenvalue weighted by atomic mass is 10.2. The Labute approximate surface area is 187 Å². The zero-order chi connectivity index (χ0) is 20.1. The van der Waals surface area contributed by atoms with Crippen LogP contribution in [0.5, 0.6) is 0 Å². The number of halogens is 9. The number of ether oxygens (including phenoxy) is 3. The number of carbonyl (C=O) groups is 3. The second-order valence-corrected chi connectivity index (χ2v) is 11.0. The third-order valence-electron chi connectivity index (χ3n) is 2.04. The summed E-state index contributed by atoms with van der Waals surface area (Å²) in [5, 5.41) is 0. The first-order chi connectivity index (χ1) is 11.0. The Bertz CT molecular complexity index is 421. The van der Waals surface area contributed by atoms with Gasteiger partial charge >= 0.3 is 17.9 Å². The molecule has 0 unspecified atom stereocenters. The molecule has 0 aliphatic carbocycles. The van der Waals surface area contributed by atoms with Crippen LogP contribution in [0.25, 0.3) is 0 Å². The van der Waals surface area contributed by atoms with E-state index in [1.807, 2.05) is 0 Å². The first-order valence-electron chi connectivity index (χ1n) is 5.77. The van der Waals surface area contributed by atoms with Crippen LogP contribution in [0, 0.1) is 5.92 Å². The number of esters is 3. The topological polar surface area (TPSA) is 78.9 Å². The fourth-order valence-electron chi connectivity index (χ4n) is 0.970. The molecule has 0 heterocycles. The van der Waals surface area contributed by atoms with Crippen molar-refractivity contribution in [1.82, 2.24) is 0 Å². The van der Waals surface area contributed by atoms with E-state index in [2.05, 4.69) is 14.2 Å². The Kier molecular flexibility index (Phi) is 11.0. The maximum atomic E-state index is 11.4. The fourth-order valence-corrected chi connectivity index (χ4v) is 1.46. The van der Waals surface area contributed by atoms with Crippen LogP contribution in [0.4, 0.5) is 0 Å². The summed E-state index contributed by atoms with van der Waals surface area (Å²) in [5.74, 6) is -4.60. The van der Waals surface area contributed by atoms with Crippen LogP contribution in [-0.2, 0) is 28.6 Å². The summed E-state index contributed by atoms with van der Waals surface area (Å²) in [5.41, 5.74) is 0. The second-order valence-electron chi connectivity index (χ2n) is 4.15. The molecule has 0 bridgehead atoms. The Morgan fingerprint density at radius 1 is 0.560 bits per heavy atom. The lowest BCUT2D eigenvalue weighted by Gasteiger charge is -2.20. The highest BCUT2D eigenvalue weighted by Crippen LogP contribution is 2.30. The van der Waals surface area contributed by atoms with Crippen LogP contribution in [0.3, 0.4) is 0 Å². The van der Waals surface area contributed by atoms with Crippen molar-refractivity contribution in [3.63, 3.8) is 0 Å². The van der Waals surface area contributed by atoms with Crippen LogP contribution < -0.4 is 0 Å². The fraction of sp³-hybridized carbons (Fsp3) is 0.700. The molecule has 0 saturated heterocycles. The maximum Gasteiger partial charge on any atom is 0.358 e. The minimum atomic E-state index is -2.34. The summed E-state index contributed by atoms with van der Waals surface area (Å²) in [7, 11) is 0. The average Bonchev–Trinajstić information content (AvgIpc) is 2.42. The molecule has 0 rings (SSSR count). The van der Waals surface area contributed by atoms with Gasteiger partial charge in [-0.1, -0.05) is 104 Å². The van der Waals surface area contributed by atoms with E-state index < -0.39 is 55.0 Å². The van der Waals surface area contributed by atoms with Gasteiger partial charge in [-0.05, 0) is 0 Å². The van der Waals surface area contributed by atoms with E-state index in [1.165, 1.54) is 0 Å². The Balaban J connectivity index is 4.79. The maximum absolute atomic E-state index is 11.4. The SMILES string of the molecule is O=C(OCC(COC(=O)C(Cl)(Cl)Cl)COC(=O)C(Cl)(Cl)Cl)C(Cl)(Cl)Cl. The van der Waals surface area contributed by atoms with Crippen molar-refractivity contribution < 1.29 is 28.6 Å². The zero-order valence-corrected chi connectivity index (χ0v) is 18.4. The molecule has 0 aromatic carbocycles. The van der Waals surface area contributed by atoms with Gasteiger partial charge in [0.05, 0.1) is 5.92 Å². The van der Waals surface area contributed by atoms with E-state index in [9.17, 15) is 14.4 Å². The molecule has 0 aromatic rings. The van der Waals surface area contributed by atoms with Gasteiger partial charge in [-0.25, -0.2) is 14.4 Å². The number of rotatable bonds is 6. The molecule has 25 heavy (non-hydrogen) atoms.